The summed E-state index contributed by atoms with van der Waals surface area (Å²) in [5, 5.41) is 12.7. The molecule has 1 aromatic heterocycles. The van der Waals surface area contributed by atoms with E-state index in [4.69, 9.17) is 9.15 Å². The fourth-order valence-electron chi connectivity index (χ4n) is 2.16. The number of aliphatic hydroxyl groups is 1. The summed E-state index contributed by atoms with van der Waals surface area (Å²) in [5.74, 6) is -2.46. The molecule has 7 heteroatoms. The highest BCUT2D eigenvalue weighted by Crippen LogP contribution is 2.25. The Hall–Kier alpha value is -2.41. The minimum absolute atomic E-state index is 0.177. The van der Waals surface area contributed by atoms with Crippen LogP contribution in [-0.4, -0.2) is 24.2 Å². The summed E-state index contributed by atoms with van der Waals surface area (Å²) >= 11 is 0. The zero-order valence-corrected chi connectivity index (χ0v) is 13.7. The fraction of sp³-hybridized carbons (Fsp3) is 0.353. The van der Waals surface area contributed by atoms with Crippen molar-refractivity contribution in [2.45, 2.75) is 26.4 Å². The Balaban J connectivity index is 2.17. The average molecular weight is 339 g/mol. The standard InChI is InChI=1S/C17H19F2NO4/c1-4-23-12-7-6-11(18)14(15(12)19)16(21)20-9-17(3,22)13-8-5-10(2)24-13/h5-8,22H,4,9H2,1-3H3,(H,20,21). The number of hydrogen-bond acceptors (Lipinski definition) is 4. The summed E-state index contributed by atoms with van der Waals surface area (Å²) in [5.41, 5.74) is -2.28. The summed E-state index contributed by atoms with van der Waals surface area (Å²) in [6, 6.07) is 5.30. The van der Waals surface area contributed by atoms with Crippen molar-refractivity contribution >= 4 is 5.91 Å². The zero-order chi connectivity index (χ0) is 17.9. The van der Waals surface area contributed by atoms with Crippen molar-refractivity contribution in [3.63, 3.8) is 0 Å². The van der Waals surface area contributed by atoms with Gasteiger partial charge >= 0.3 is 0 Å². The van der Waals surface area contributed by atoms with Crippen molar-refractivity contribution < 1.29 is 27.8 Å². The largest absolute Gasteiger partial charge is 0.491 e. The van der Waals surface area contributed by atoms with E-state index < -0.39 is 28.7 Å². The molecule has 1 aromatic carbocycles. The van der Waals surface area contributed by atoms with E-state index in [-0.39, 0.29) is 24.7 Å². The number of rotatable bonds is 6. The first kappa shape index (κ1) is 17.9. The molecule has 1 atom stereocenters. The van der Waals surface area contributed by atoms with Crippen molar-refractivity contribution in [3.05, 3.63) is 53.0 Å². The predicted octanol–water partition coefficient (Wildman–Crippen LogP) is 2.90. The summed E-state index contributed by atoms with van der Waals surface area (Å²) in [4.78, 5) is 12.1. The molecule has 1 unspecified atom stereocenters. The predicted molar refractivity (Wildman–Crippen MR) is 82.9 cm³/mol. The highest BCUT2D eigenvalue weighted by molar-refractivity contribution is 5.95. The molecule has 0 radical (unpaired) electrons. The third kappa shape index (κ3) is 3.73. The van der Waals surface area contributed by atoms with Gasteiger partial charge in [-0.1, -0.05) is 0 Å². The van der Waals surface area contributed by atoms with E-state index >= 15 is 0 Å². The van der Waals surface area contributed by atoms with E-state index in [0.29, 0.717) is 5.76 Å². The van der Waals surface area contributed by atoms with Crippen molar-refractivity contribution in [1.82, 2.24) is 5.32 Å². The van der Waals surface area contributed by atoms with Crippen molar-refractivity contribution in [1.29, 1.82) is 0 Å². The Morgan fingerprint density at radius 2 is 2.04 bits per heavy atom. The number of hydrogen-bond donors (Lipinski definition) is 2. The SMILES string of the molecule is CCOc1ccc(F)c(C(=O)NCC(C)(O)c2ccc(C)o2)c1F. The van der Waals surface area contributed by atoms with Crippen LogP contribution < -0.4 is 10.1 Å². The monoisotopic (exact) mass is 339 g/mol. The smallest absolute Gasteiger partial charge is 0.257 e. The third-order valence-corrected chi connectivity index (χ3v) is 3.45. The van der Waals surface area contributed by atoms with Gasteiger partial charge in [0, 0.05) is 0 Å². The summed E-state index contributed by atoms with van der Waals surface area (Å²) < 4.78 is 38.4. The highest BCUT2D eigenvalue weighted by atomic mass is 19.1. The van der Waals surface area contributed by atoms with E-state index in [1.54, 1.807) is 26.0 Å². The molecule has 5 nitrogen and oxygen atoms in total. The number of carbonyl (C=O) groups excluding carboxylic acids is 1. The van der Waals surface area contributed by atoms with Gasteiger partial charge in [0.15, 0.2) is 11.6 Å². The van der Waals surface area contributed by atoms with Gasteiger partial charge in [-0.25, -0.2) is 8.78 Å². The van der Waals surface area contributed by atoms with Gasteiger partial charge in [-0.3, -0.25) is 4.79 Å². The van der Waals surface area contributed by atoms with E-state index in [2.05, 4.69) is 5.32 Å². The topological polar surface area (TPSA) is 71.7 Å². The lowest BCUT2D eigenvalue weighted by Gasteiger charge is -2.21. The fourth-order valence-corrected chi connectivity index (χ4v) is 2.16. The Morgan fingerprint density at radius 3 is 2.62 bits per heavy atom. The van der Waals surface area contributed by atoms with Gasteiger partial charge in [-0.2, -0.15) is 0 Å². The molecule has 1 amide bonds. The van der Waals surface area contributed by atoms with Crippen LogP contribution in [0.5, 0.6) is 5.75 Å². The summed E-state index contributed by atoms with van der Waals surface area (Å²) in [6.45, 7) is 4.68. The Morgan fingerprint density at radius 1 is 1.33 bits per heavy atom. The zero-order valence-electron chi connectivity index (χ0n) is 13.7. The third-order valence-electron chi connectivity index (χ3n) is 3.45. The van der Waals surface area contributed by atoms with Crippen LogP contribution in [0, 0.1) is 18.6 Å². The van der Waals surface area contributed by atoms with Gasteiger partial charge < -0.3 is 19.6 Å². The van der Waals surface area contributed by atoms with Crippen molar-refractivity contribution in [2.24, 2.45) is 0 Å². The van der Waals surface area contributed by atoms with Gasteiger partial charge in [0.1, 0.15) is 28.5 Å². The maximum Gasteiger partial charge on any atom is 0.257 e. The first-order chi connectivity index (χ1) is 11.3. The second kappa shape index (κ2) is 7.00. The van der Waals surface area contributed by atoms with E-state index in [1.807, 2.05) is 0 Å². The number of amides is 1. The van der Waals surface area contributed by atoms with Gasteiger partial charge in [0.2, 0.25) is 0 Å². The van der Waals surface area contributed by atoms with Gasteiger partial charge in [-0.05, 0) is 45.0 Å². The quantitative estimate of drug-likeness (QED) is 0.849. The molecular weight excluding hydrogens is 320 g/mol. The van der Waals surface area contributed by atoms with Crippen LogP contribution in [-0.2, 0) is 5.60 Å². The van der Waals surface area contributed by atoms with Crippen molar-refractivity contribution in [3.8, 4) is 5.75 Å². The number of benzene rings is 1. The maximum absolute atomic E-state index is 14.2. The normalized spacial score (nSPS) is 13.4. The number of aryl methyl sites for hydroxylation is 1. The molecule has 2 rings (SSSR count). The number of furan rings is 1. The lowest BCUT2D eigenvalue weighted by Crippen LogP contribution is -2.39. The molecule has 0 aliphatic heterocycles. The Kier molecular flexibility index (Phi) is 5.23. The Labute approximate surface area is 138 Å². The van der Waals surface area contributed by atoms with E-state index in [1.165, 1.54) is 6.92 Å². The van der Waals surface area contributed by atoms with E-state index in [0.717, 1.165) is 12.1 Å². The number of nitrogens with one attached hydrogen (secondary N) is 1. The summed E-state index contributed by atoms with van der Waals surface area (Å²) in [6.07, 6.45) is 0. The molecule has 0 fully saturated rings. The summed E-state index contributed by atoms with van der Waals surface area (Å²) in [7, 11) is 0. The molecule has 24 heavy (non-hydrogen) atoms. The lowest BCUT2D eigenvalue weighted by atomic mass is 10.0. The minimum Gasteiger partial charge on any atom is -0.491 e. The van der Waals surface area contributed by atoms with Gasteiger partial charge in [0.25, 0.3) is 5.91 Å². The molecule has 0 saturated heterocycles. The van der Waals surface area contributed by atoms with Crippen LogP contribution in [0.4, 0.5) is 8.78 Å². The molecular formula is C17H19F2NO4. The minimum atomic E-state index is -1.52. The molecule has 0 aliphatic rings. The van der Waals surface area contributed by atoms with Crippen LogP contribution in [0.3, 0.4) is 0 Å². The molecule has 0 bridgehead atoms. The second-order valence-electron chi connectivity index (χ2n) is 5.53. The second-order valence-corrected chi connectivity index (χ2v) is 5.53. The highest BCUT2D eigenvalue weighted by Gasteiger charge is 2.29. The molecule has 0 aliphatic carbocycles. The van der Waals surface area contributed by atoms with Crippen LogP contribution in [0.15, 0.2) is 28.7 Å². The van der Waals surface area contributed by atoms with Gasteiger partial charge in [-0.15, -0.1) is 0 Å². The van der Waals surface area contributed by atoms with Crippen LogP contribution in [0.2, 0.25) is 0 Å². The molecule has 2 N–H and O–H groups in total. The van der Waals surface area contributed by atoms with Crippen LogP contribution in [0.1, 0.15) is 35.7 Å². The van der Waals surface area contributed by atoms with Gasteiger partial charge in [0.05, 0.1) is 13.2 Å². The maximum atomic E-state index is 14.2. The molecule has 2 aromatic rings. The first-order valence-corrected chi connectivity index (χ1v) is 7.44. The lowest BCUT2D eigenvalue weighted by molar-refractivity contribution is 0.0322. The first-order valence-electron chi connectivity index (χ1n) is 7.44. The average Bonchev–Trinajstić information content (AvgIpc) is 2.96. The Bertz CT molecular complexity index is 740. The molecule has 0 spiro atoms. The van der Waals surface area contributed by atoms with Crippen LogP contribution >= 0.6 is 0 Å². The molecule has 130 valence electrons. The van der Waals surface area contributed by atoms with Crippen molar-refractivity contribution in [2.75, 3.05) is 13.2 Å². The number of ether oxygens (including phenoxy) is 1. The number of carbonyl (C=O) groups is 1. The molecule has 0 saturated carbocycles. The van der Waals surface area contributed by atoms with E-state index in [9.17, 15) is 18.7 Å². The van der Waals surface area contributed by atoms with Crippen LogP contribution in [0.25, 0.3) is 0 Å². The molecule has 1 heterocycles. The number of halogens is 2.